The van der Waals surface area contributed by atoms with Gasteiger partial charge >= 0.3 is 5.97 Å². The second-order valence-corrected chi connectivity index (χ2v) is 10.4. The van der Waals surface area contributed by atoms with E-state index in [9.17, 15) is 19.5 Å². The molecule has 3 unspecified atom stereocenters. The predicted octanol–water partition coefficient (Wildman–Crippen LogP) is 3.38. The molecule has 222 valence electrons. The van der Waals surface area contributed by atoms with Gasteiger partial charge in [0.2, 0.25) is 24.4 Å². The Morgan fingerprint density at radius 2 is 2.00 bits per heavy atom. The lowest BCUT2D eigenvalue weighted by molar-refractivity contribution is -0.143. The first kappa shape index (κ1) is 30.1. The van der Waals surface area contributed by atoms with Crippen molar-refractivity contribution >= 4 is 23.5 Å². The number of pyridine rings is 1. The van der Waals surface area contributed by atoms with Crippen LogP contribution in [-0.4, -0.2) is 90.3 Å². The van der Waals surface area contributed by atoms with E-state index in [0.29, 0.717) is 55.5 Å². The molecule has 1 fully saturated rings. The van der Waals surface area contributed by atoms with Crippen LogP contribution in [0, 0.1) is 5.92 Å². The van der Waals surface area contributed by atoms with Crippen LogP contribution in [0.4, 0.5) is 5.69 Å². The van der Waals surface area contributed by atoms with Crippen LogP contribution in [0.3, 0.4) is 0 Å². The van der Waals surface area contributed by atoms with Crippen LogP contribution < -0.4 is 19.1 Å². The molecule has 1 N–H and O–H groups in total. The maximum Gasteiger partial charge on any atom is 0.308 e. The normalized spacial score (nSPS) is 19.7. The third-order valence-electron chi connectivity index (χ3n) is 8.00. The lowest BCUT2D eigenvalue weighted by Crippen LogP contribution is -2.46. The summed E-state index contributed by atoms with van der Waals surface area (Å²) in [6.45, 7) is 7.37. The molecule has 0 aliphatic carbocycles. The molecule has 1 aromatic carbocycles. The van der Waals surface area contributed by atoms with Crippen molar-refractivity contribution in [3.05, 3.63) is 42.2 Å². The molecule has 41 heavy (non-hydrogen) atoms. The van der Waals surface area contributed by atoms with Crippen LogP contribution in [0.5, 0.6) is 17.2 Å². The lowest BCUT2D eigenvalue weighted by Gasteiger charge is -2.31. The number of carboxylic acids is 1. The Morgan fingerprint density at radius 3 is 2.63 bits per heavy atom. The van der Waals surface area contributed by atoms with E-state index in [-0.39, 0.29) is 25.2 Å². The van der Waals surface area contributed by atoms with Crippen molar-refractivity contribution in [2.75, 3.05) is 51.5 Å². The number of methoxy groups -OCH3 is 1. The average Bonchev–Trinajstić information content (AvgIpc) is 3.58. The third-order valence-corrected chi connectivity index (χ3v) is 8.00. The number of carbonyl (C=O) groups is 3. The van der Waals surface area contributed by atoms with Crippen molar-refractivity contribution < 1.29 is 33.7 Å². The number of hydrogen-bond acceptors (Lipinski definition) is 8. The summed E-state index contributed by atoms with van der Waals surface area (Å²) >= 11 is 0. The maximum absolute atomic E-state index is 13.8. The molecule has 1 saturated heterocycles. The first-order valence-electron chi connectivity index (χ1n) is 14.2. The number of nitrogens with zero attached hydrogens (tertiary/aromatic N) is 4. The number of carbonyl (C=O) groups excluding carboxylic acids is 2. The van der Waals surface area contributed by atoms with E-state index >= 15 is 0 Å². The molecule has 0 radical (unpaired) electrons. The fraction of sp³-hybridized carbons (Fsp3) is 0.533. The van der Waals surface area contributed by atoms with E-state index in [0.717, 1.165) is 18.4 Å². The molecule has 11 heteroatoms. The van der Waals surface area contributed by atoms with Gasteiger partial charge in [-0.2, -0.15) is 0 Å². The summed E-state index contributed by atoms with van der Waals surface area (Å²) in [5.41, 5.74) is 1.45. The minimum absolute atomic E-state index is 0.0391. The molecule has 2 aliphatic heterocycles. The van der Waals surface area contributed by atoms with Crippen LogP contribution in [0.1, 0.15) is 51.5 Å². The van der Waals surface area contributed by atoms with Gasteiger partial charge in [0.1, 0.15) is 0 Å². The van der Waals surface area contributed by atoms with E-state index in [2.05, 4.69) is 11.9 Å². The minimum Gasteiger partial charge on any atom is -0.493 e. The van der Waals surface area contributed by atoms with E-state index < -0.39 is 23.8 Å². The number of aromatic nitrogens is 1. The number of hydrogen-bond donors (Lipinski definition) is 1. The summed E-state index contributed by atoms with van der Waals surface area (Å²) in [5, 5.41) is 10.5. The maximum atomic E-state index is 13.8. The highest BCUT2D eigenvalue weighted by Crippen LogP contribution is 2.47. The van der Waals surface area contributed by atoms with Gasteiger partial charge in [0.15, 0.2) is 11.5 Å². The van der Waals surface area contributed by atoms with Crippen molar-refractivity contribution in [1.29, 1.82) is 0 Å². The number of fused-ring (bicyclic) bond motifs is 1. The molecule has 0 spiro atoms. The van der Waals surface area contributed by atoms with E-state index in [1.807, 2.05) is 24.0 Å². The van der Waals surface area contributed by atoms with Gasteiger partial charge in [0, 0.05) is 51.3 Å². The Morgan fingerprint density at radius 1 is 1.20 bits per heavy atom. The Labute approximate surface area is 241 Å². The fourth-order valence-electron chi connectivity index (χ4n) is 5.87. The molecule has 2 aromatic rings. The highest BCUT2D eigenvalue weighted by molar-refractivity contribution is 5.94. The molecular weight excluding hydrogens is 528 g/mol. The van der Waals surface area contributed by atoms with Gasteiger partial charge in [-0.25, -0.2) is 0 Å². The molecule has 2 aliphatic rings. The summed E-state index contributed by atoms with van der Waals surface area (Å²) in [6.07, 6.45) is 5.49. The second-order valence-electron chi connectivity index (χ2n) is 10.4. The number of ether oxygens (including phenoxy) is 3. The van der Waals surface area contributed by atoms with Crippen molar-refractivity contribution in [1.82, 2.24) is 14.8 Å². The summed E-state index contributed by atoms with van der Waals surface area (Å²) in [7, 11) is 1.53. The number of rotatable bonds is 13. The van der Waals surface area contributed by atoms with Crippen molar-refractivity contribution in [3.8, 4) is 17.2 Å². The molecule has 0 bridgehead atoms. The second kappa shape index (κ2) is 13.7. The van der Waals surface area contributed by atoms with Crippen LogP contribution in [-0.2, 0) is 14.4 Å². The van der Waals surface area contributed by atoms with Gasteiger partial charge in [0.25, 0.3) is 0 Å². The SMILES string of the molecule is CCCCN(C(=O)CN1CC(c2cc(OC)c3c(c2)OCO3)C(C(=O)O)C1CCN(CC)C(C)=O)c1cccnc1. The van der Waals surface area contributed by atoms with Gasteiger partial charge in [-0.15, -0.1) is 0 Å². The van der Waals surface area contributed by atoms with Crippen LogP contribution in [0.15, 0.2) is 36.7 Å². The molecule has 1 aromatic heterocycles. The zero-order valence-corrected chi connectivity index (χ0v) is 24.2. The summed E-state index contributed by atoms with van der Waals surface area (Å²) in [6, 6.07) is 6.78. The average molecular weight is 569 g/mol. The van der Waals surface area contributed by atoms with Crippen molar-refractivity contribution in [3.63, 3.8) is 0 Å². The molecule has 0 saturated carbocycles. The van der Waals surface area contributed by atoms with Crippen LogP contribution in [0.2, 0.25) is 0 Å². The quantitative estimate of drug-likeness (QED) is 0.388. The number of anilines is 1. The van der Waals surface area contributed by atoms with Gasteiger partial charge in [-0.1, -0.05) is 13.3 Å². The van der Waals surface area contributed by atoms with Crippen molar-refractivity contribution in [2.45, 2.75) is 52.0 Å². The number of benzene rings is 1. The summed E-state index contributed by atoms with van der Waals surface area (Å²) in [4.78, 5) is 48.4. The Hall–Kier alpha value is -3.86. The van der Waals surface area contributed by atoms with E-state index in [1.165, 1.54) is 14.0 Å². The number of unbranched alkanes of at least 4 members (excludes halogenated alkanes) is 1. The number of likely N-dealkylation sites (tertiary alicyclic amines) is 1. The Balaban J connectivity index is 1.68. The third kappa shape index (κ3) is 6.73. The monoisotopic (exact) mass is 568 g/mol. The Bertz CT molecular complexity index is 1220. The predicted molar refractivity (Wildman–Crippen MR) is 152 cm³/mol. The van der Waals surface area contributed by atoms with Gasteiger partial charge < -0.3 is 29.1 Å². The Kier molecular flexibility index (Phi) is 10.0. The zero-order chi connectivity index (χ0) is 29.5. The summed E-state index contributed by atoms with van der Waals surface area (Å²) in [5.74, 6) is -0.931. The number of aliphatic carboxylic acids is 1. The molecule has 11 nitrogen and oxygen atoms in total. The fourth-order valence-corrected chi connectivity index (χ4v) is 5.87. The molecule has 4 rings (SSSR count). The minimum atomic E-state index is -0.951. The van der Waals surface area contributed by atoms with Gasteiger partial charge in [-0.3, -0.25) is 24.3 Å². The van der Waals surface area contributed by atoms with Crippen molar-refractivity contribution in [2.24, 2.45) is 5.92 Å². The largest absolute Gasteiger partial charge is 0.493 e. The van der Waals surface area contributed by atoms with Gasteiger partial charge in [-0.05, 0) is 49.6 Å². The number of amides is 2. The summed E-state index contributed by atoms with van der Waals surface area (Å²) < 4.78 is 16.7. The molecule has 3 atom stereocenters. The standard InChI is InChI=1S/C30H40N4O7/c1-5-7-12-34(22-9-8-11-31-16-22)27(36)18-33-17-23(21-14-25(39-4)29-26(15-21)40-19-41-29)28(30(37)38)24(33)10-13-32(6-2)20(3)35/h8-9,11,14-16,23-24,28H,5-7,10,12-13,17-19H2,1-4H3,(H,37,38). The van der Waals surface area contributed by atoms with Gasteiger partial charge in [0.05, 0.1) is 31.5 Å². The van der Waals surface area contributed by atoms with E-state index in [1.54, 1.807) is 34.3 Å². The number of carboxylic acid groups (broad SMARTS) is 1. The smallest absolute Gasteiger partial charge is 0.308 e. The highest BCUT2D eigenvalue weighted by atomic mass is 16.7. The highest BCUT2D eigenvalue weighted by Gasteiger charge is 2.47. The molecule has 2 amide bonds. The topological polar surface area (TPSA) is 122 Å². The lowest BCUT2D eigenvalue weighted by atomic mass is 9.84. The zero-order valence-electron chi connectivity index (χ0n) is 24.2. The molecular formula is C30H40N4O7. The first-order valence-corrected chi connectivity index (χ1v) is 14.2. The molecule has 3 heterocycles. The van der Waals surface area contributed by atoms with Crippen LogP contribution >= 0.6 is 0 Å². The first-order chi connectivity index (χ1) is 19.8. The van der Waals surface area contributed by atoms with Crippen LogP contribution in [0.25, 0.3) is 0 Å². The van der Waals surface area contributed by atoms with E-state index in [4.69, 9.17) is 14.2 Å².